The van der Waals surface area contributed by atoms with Crippen LogP contribution in [0.3, 0.4) is 0 Å². The van der Waals surface area contributed by atoms with Gasteiger partial charge in [0.2, 0.25) is 5.91 Å². The molecule has 0 spiro atoms. The van der Waals surface area contributed by atoms with Crippen molar-refractivity contribution in [2.75, 3.05) is 0 Å². The zero-order valence-electron chi connectivity index (χ0n) is 5.84. The molecule has 0 bridgehead atoms. The van der Waals surface area contributed by atoms with Crippen LogP contribution in [0.2, 0.25) is 0 Å². The van der Waals surface area contributed by atoms with E-state index in [1.54, 1.807) is 0 Å². The molecule has 0 atom stereocenters. The van der Waals surface area contributed by atoms with Crippen molar-refractivity contribution < 1.29 is 4.79 Å². The van der Waals surface area contributed by atoms with Crippen LogP contribution in [0.15, 0.2) is 24.8 Å². The van der Waals surface area contributed by atoms with E-state index in [9.17, 15) is 4.79 Å². The summed E-state index contributed by atoms with van der Waals surface area (Å²) < 4.78 is 0. The SMILES string of the molecule is C=CC(=O)NC1CC=CC1. The quantitative estimate of drug-likeness (QED) is 0.446. The van der Waals surface area contributed by atoms with Gasteiger partial charge >= 0.3 is 0 Å². The molecule has 2 nitrogen and oxygen atoms in total. The van der Waals surface area contributed by atoms with E-state index in [1.165, 1.54) is 6.08 Å². The van der Waals surface area contributed by atoms with Crippen LogP contribution in [0.1, 0.15) is 12.8 Å². The minimum Gasteiger partial charge on any atom is -0.349 e. The molecule has 1 aliphatic rings. The van der Waals surface area contributed by atoms with Gasteiger partial charge in [-0.3, -0.25) is 4.79 Å². The number of carbonyl (C=O) groups is 1. The van der Waals surface area contributed by atoms with E-state index in [1.807, 2.05) is 0 Å². The van der Waals surface area contributed by atoms with Crippen molar-refractivity contribution in [1.82, 2.24) is 5.32 Å². The minimum absolute atomic E-state index is 0.0753. The first-order valence-electron chi connectivity index (χ1n) is 3.41. The maximum absolute atomic E-state index is 10.7. The lowest BCUT2D eigenvalue weighted by Crippen LogP contribution is -2.31. The molecule has 0 fully saturated rings. The number of amides is 1. The average molecular weight is 137 g/mol. The third-order valence-electron chi connectivity index (χ3n) is 1.54. The van der Waals surface area contributed by atoms with Crippen molar-refractivity contribution in [2.24, 2.45) is 0 Å². The van der Waals surface area contributed by atoms with E-state index in [4.69, 9.17) is 0 Å². The highest BCUT2D eigenvalue weighted by Crippen LogP contribution is 2.08. The normalized spacial score (nSPS) is 17.2. The molecule has 0 saturated heterocycles. The predicted octanol–water partition coefficient (Wildman–Crippen LogP) is 1.01. The van der Waals surface area contributed by atoms with Gasteiger partial charge < -0.3 is 5.32 Å². The smallest absolute Gasteiger partial charge is 0.243 e. The lowest BCUT2D eigenvalue weighted by Gasteiger charge is -2.08. The average Bonchev–Trinajstić information content (AvgIpc) is 2.40. The van der Waals surface area contributed by atoms with Crippen molar-refractivity contribution in [3.05, 3.63) is 24.8 Å². The summed E-state index contributed by atoms with van der Waals surface area (Å²) in [5, 5.41) is 2.81. The second kappa shape index (κ2) is 3.20. The summed E-state index contributed by atoms with van der Waals surface area (Å²) >= 11 is 0. The Bertz CT molecular complexity index is 164. The molecule has 1 N–H and O–H groups in total. The van der Waals surface area contributed by atoms with Gasteiger partial charge in [0.1, 0.15) is 0 Å². The summed E-state index contributed by atoms with van der Waals surface area (Å²) in [5.41, 5.74) is 0. The molecule has 1 aliphatic carbocycles. The Morgan fingerprint density at radius 2 is 2.20 bits per heavy atom. The molecule has 2 heteroatoms. The summed E-state index contributed by atoms with van der Waals surface area (Å²) in [4.78, 5) is 10.7. The Kier molecular flexibility index (Phi) is 2.26. The van der Waals surface area contributed by atoms with Crippen LogP contribution in [0, 0.1) is 0 Å². The van der Waals surface area contributed by atoms with E-state index in [-0.39, 0.29) is 5.91 Å². The fourth-order valence-electron chi connectivity index (χ4n) is 0.995. The maximum Gasteiger partial charge on any atom is 0.243 e. The number of nitrogens with one attached hydrogen (secondary N) is 1. The Balaban J connectivity index is 2.26. The largest absolute Gasteiger partial charge is 0.349 e. The van der Waals surface area contributed by atoms with Gasteiger partial charge in [0.05, 0.1) is 0 Å². The lowest BCUT2D eigenvalue weighted by molar-refractivity contribution is -0.117. The molecular formula is C8H11NO. The highest BCUT2D eigenvalue weighted by Gasteiger charge is 2.10. The van der Waals surface area contributed by atoms with Gasteiger partial charge in [0.25, 0.3) is 0 Å². The van der Waals surface area contributed by atoms with Crippen LogP contribution in [0.5, 0.6) is 0 Å². The number of hydrogen-bond acceptors (Lipinski definition) is 1. The molecule has 0 unspecified atom stereocenters. The molecular weight excluding hydrogens is 126 g/mol. The monoisotopic (exact) mass is 137 g/mol. The zero-order chi connectivity index (χ0) is 7.40. The number of carbonyl (C=O) groups excluding carboxylic acids is 1. The van der Waals surface area contributed by atoms with Crippen LogP contribution < -0.4 is 5.32 Å². The predicted molar refractivity (Wildman–Crippen MR) is 40.5 cm³/mol. The second-order valence-corrected chi connectivity index (χ2v) is 2.35. The van der Waals surface area contributed by atoms with Gasteiger partial charge in [-0.05, 0) is 18.9 Å². The van der Waals surface area contributed by atoms with Crippen LogP contribution in [0.25, 0.3) is 0 Å². The molecule has 0 saturated carbocycles. The highest BCUT2D eigenvalue weighted by atomic mass is 16.1. The topological polar surface area (TPSA) is 29.1 Å². The van der Waals surface area contributed by atoms with Crippen molar-refractivity contribution in [3.63, 3.8) is 0 Å². The van der Waals surface area contributed by atoms with Gasteiger partial charge in [-0.1, -0.05) is 18.7 Å². The molecule has 0 radical (unpaired) electrons. The highest BCUT2D eigenvalue weighted by molar-refractivity contribution is 5.87. The molecule has 0 aromatic rings. The Hall–Kier alpha value is -1.05. The third kappa shape index (κ3) is 1.72. The van der Waals surface area contributed by atoms with E-state index in [0.717, 1.165) is 12.8 Å². The molecule has 0 aliphatic heterocycles. The molecule has 1 rings (SSSR count). The second-order valence-electron chi connectivity index (χ2n) is 2.35. The van der Waals surface area contributed by atoms with Gasteiger partial charge in [0, 0.05) is 6.04 Å². The minimum atomic E-state index is -0.0753. The van der Waals surface area contributed by atoms with E-state index in [2.05, 4.69) is 24.0 Å². The van der Waals surface area contributed by atoms with Crippen LogP contribution >= 0.6 is 0 Å². The first kappa shape index (κ1) is 7.06. The first-order chi connectivity index (χ1) is 4.83. The van der Waals surface area contributed by atoms with E-state index >= 15 is 0 Å². The van der Waals surface area contributed by atoms with Gasteiger partial charge in [-0.2, -0.15) is 0 Å². The van der Waals surface area contributed by atoms with Crippen molar-refractivity contribution in [1.29, 1.82) is 0 Å². The molecule has 0 heterocycles. The van der Waals surface area contributed by atoms with E-state index in [0.29, 0.717) is 6.04 Å². The van der Waals surface area contributed by atoms with E-state index < -0.39 is 0 Å². The van der Waals surface area contributed by atoms with Crippen molar-refractivity contribution in [3.8, 4) is 0 Å². The first-order valence-corrected chi connectivity index (χ1v) is 3.41. The fourth-order valence-corrected chi connectivity index (χ4v) is 0.995. The summed E-state index contributed by atoms with van der Waals surface area (Å²) in [6, 6.07) is 0.311. The molecule has 54 valence electrons. The molecule has 0 aromatic carbocycles. The van der Waals surface area contributed by atoms with Crippen molar-refractivity contribution in [2.45, 2.75) is 18.9 Å². The fraction of sp³-hybridized carbons (Fsp3) is 0.375. The third-order valence-corrected chi connectivity index (χ3v) is 1.54. The molecule has 1 amide bonds. The van der Waals surface area contributed by atoms with Crippen molar-refractivity contribution >= 4 is 5.91 Å². The Morgan fingerprint density at radius 1 is 1.60 bits per heavy atom. The number of hydrogen-bond donors (Lipinski definition) is 1. The summed E-state index contributed by atoms with van der Waals surface area (Å²) in [5.74, 6) is -0.0753. The Morgan fingerprint density at radius 3 is 2.70 bits per heavy atom. The van der Waals surface area contributed by atoms with Gasteiger partial charge in [0.15, 0.2) is 0 Å². The summed E-state index contributed by atoms with van der Waals surface area (Å²) in [6.45, 7) is 3.37. The maximum atomic E-state index is 10.7. The summed E-state index contributed by atoms with van der Waals surface area (Å²) in [7, 11) is 0. The lowest BCUT2D eigenvalue weighted by atomic mass is 10.2. The Labute approximate surface area is 60.6 Å². The standard InChI is InChI=1S/C8H11NO/c1-2-8(10)9-7-5-3-4-6-7/h2-4,7H,1,5-6H2,(H,9,10). The van der Waals surface area contributed by atoms with Crippen LogP contribution in [-0.2, 0) is 4.79 Å². The molecule has 0 aromatic heterocycles. The van der Waals surface area contributed by atoms with Gasteiger partial charge in [-0.15, -0.1) is 0 Å². The number of rotatable bonds is 2. The van der Waals surface area contributed by atoms with Crippen LogP contribution in [-0.4, -0.2) is 11.9 Å². The molecule has 10 heavy (non-hydrogen) atoms. The summed E-state index contributed by atoms with van der Waals surface area (Å²) in [6.07, 6.45) is 7.37. The van der Waals surface area contributed by atoms with Gasteiger partial charge in [-0.25, -0.2) is 0 Å². The van der Waals surface area contributed by atoms with Crippen LogP contribution in [0.4, 0.5) is 0 Å². The zero-order valence-corrected chi connectivity index (χ0v) is 5.84.